The van der Waals surface area contributed by atoms with E-state index in [2.05, 4.69) is 42.5 Å². The quantitative estimate of drug-likeness (QED) is 0.102. The van der Waals surface area contributed by atoms with Gasteiger partial charge in [0.25, 0.3) is 0 Å². The molecule has 1 aliphatic carbocycles. The Morgan fingerprint density at radius 3 is 1.87 bits per heavy atom. The zero-order valence-corrected chi connectivity index (χ0v) is 28.4. The molecule has 1 heterocycles. The Balaban J connectivity index is 1.12. The third kappa shape index (κ3) is 4.85. The molecule has 0 spiro atoms. The van der Waals surface area contributed by atoms with Crippen LogP contribution < -0.4 is 0 Å². The number of furan rings is 1. The van der Waals surface area contributed by atoms with Gasteiger partial charge in [0.05, 0.1) is 9.60 Å². The lowest BCUT2D eigenvalue weighted by molar-refractivity contribution is 0.617. The van der Waals surface area contributed by atoms with Crippen LogP contribution in [-0.2, 0) is 0 Å². The molecule has 0 radical (unpaired) electrons. The molecule has 0 bridgehead atoms. The number of hydrogen-bond acceptors (Lipinski definition) is 1. The predicted octanol–water partition coefficient (Wildman–Crippen LogP) is 15.0. The van der Waals surface area contributed by atoms with Crippen molar-refractivity contribution in [2.24, 2.45) is 0 Å². The van der Waals surface area contributed by atoms with Crippen LogP contribution in [0.25, 0.3) is 98.4 Å². The summed E-state index contributed by atoms with van der Waals surface area (Å²) in [6, 6.07) is 42.4. The fourth-order valence-electron chi connectivity index (χ4n) is 8.34. The molecule has 1 heteroatoms. The predicted molar refractivity (Wildman–Crippen MR) is 226 cm³/mol. The molecule has 11 rings (SSSR count). The summed E-state index contributed by atoms with van der Waals surface area (Å²) >= 11 is 0. The summed E-state index contributed by atoms with van der Waals surface area (Å²) < 4.78 is 91.9. The molecule has 9 aromatic carbocycles. The highest BCUT2D eigenvalue weighted by molar-refractivity contribution is 6.26. The molecular formula is C52H36O. The van der Waals surface area contributed by atoms with Crippen LogP contribution >= 0.6 is 0 Å². The van der Waals surface area contributed by atoms with Crippen molar-refractivity contribution in [2.75, 3.05) is 0 Å². The number of rotatable bonds is 4. The molecule has 4 atom stereocenters. The standard InChI is InChI=1S/C52H36O/c1-3-13-33(14-4-1)35-24-27-49-46(30-35)47-31-37(25-28-50(47)53-49)36-23-26-40-45(29-36)39-18-8-7-17-38(39)32-48(40)52-43-21-11-9-19-41(43)51(34-15-5-2-6-16-34)42-20-10-12-22-44(42)52/h1-3,5-12,15-33H,4,13-14H2/i1D,2D,3D,4D,5D,6D,13D,14D,15D,16D. The Morgan fingerprint density at radius 1 is 0.491 bits per heavy atom. The maximum atomic E-state index is 8.98. The van der Waals surface area contributed by atoms with Gasteiger partial charge in [-0.15, -0.1) is 0 Å². The molecule has 0 saturated carbocycles. The Kier molecular flexibility index (Phi) is 4.97. The lowest BCUT2D eigenvalue weighted by atomic mass is 9.83. The monoisotopic (exact) mass is 686 g/mol. The first kappa shape index (κ1) is 21.8. The van der Waals surface area contributed by atoms with E-state index in [1.54, 1.807) is 0 Å². The van der Waals surface area contributed by atoms with Gasteiger partial charge in [-0.2, -0.15) is 0 Å². The van der Waals surface area contributed by atoms with Gasteiger partial charge in [0, 0.05) is 14.9 Å². The highest BCUT2D eigenvalue weighted by Crippen LogP contribution is 2.47. The molecule has 0 saturated heterocycles. The maximum Gasteiger partial charge on any atom is 0.135 e. The SMILES string of the molecule is [2H]C1=C([2H])C([2H])C(c2ccc3oc4ccc(-c5ccc6c(-c7c8ccccc8c(-c8c([2H])c([2H])c([2H])c([2H])c8[2H])c8ccccc78)cc7ccccc7c6c5)cc4c3c2)C([2H])C1[2H]. The maximum absolute atomic E-state index is 8.98. The van der Waals surface area contributed by atoms with Crippen molar-refractivity contribution in [3.8, 4) is 33.4 Å². The van der Waals surface area contributed by atoms with Crippen LogP contribution in [0.3, 0.4) is 0 Å². The second-order valence-electron chi connectivity index (χ2n) is 13.7. The van der Waals surface area contributed by atoms with E-state index >= 15 is 0 Å². The van der Waals surface area contributed by atoms with E-state index in [4.69, 9.17) is 18.1 Å². The first-order valence-corrected chi connectivity index (χ1v) is 17.8. The summed E-state index contributed by atoms with van der Waals surface area (Å²) in [5.41, 5.74) is 6.71. The van der Waals surface area contributed by atoms with Crippen LogP contribution in [0.5, 0.6) is 0 Å². The van der Waals surface area contributed by atoms with E-state index in [1.807, 2.05) is 91.0 Å². The summed E-state index contributed by atoms with van der Waals surface area (Å²) in [6.45, 7) is 0. The summed E-state index contributed by atoms with van der Waals surface area (Å²) in [5, 5.41) is 9.22. The number of fused-ring (bicyclic) bond motifs is 8. The van der Waals surface area contributed by atoms with Gasteiger partial charge in [-0.05, 0) is 144 Å². The van der Waals surface area contributed by atoms with Crippen molar-refractivity contribution in [3.05, 3.63) is 181 Å². The highest BCUT2D eigenvalue weighted by Gasteiger charge is 2.20. The molecule has 1 nitrogen and oxygen atoms in total. The van der Waals surface area contributed by atoms with Gasteiger partial charge >= 0.3 is 0 Å². The van der Waals surface area contributed by atoms with Crippen molar-refractivity contribution in [1.29, 1.82) is 0 Å². The van der Waals surface area contributed by atoms with Crippen LogP contribution in [0.4, 0.5) is 0 Å². The average molecular weight is 687 g/mol. The van der Waals surface area contributed by atoms with E-state index in [-0.39, 0.29) is 41.8 Å². The van der Waals surface area contributed by atoms with Crippen LogP contribution in [0.1, 0.15) is 44.4 Å². The first-order chi connectivity index (χ1) is 30.4. The minimum absolute atomic E-state index is 0.171. The van der Waals surface area contributed by atoms with Crippen molar-refractivity contribution in [1.82, 2.24) is 0 Å². The Morgan fingerprint density at radius 2 is 1.11 bits per heavy atom. The number of hydrogen-bond donors (Lipinski definition) is 0. The summed E-state index contributed by atoms with van der Waals surface area (Å²) in [7, 11) is 0. The molecular weight excluding hydrogens is 641 g/mol. The van der Waals surface area contributed by atoms with Gasteiger partial charge in [-0.1, -0.05) is 139 Å². The second kappa shape index (κ2) is 12.1. The van der Waals surface area contributed by atoms with Gasteiger partial charge in [0.15, 0.2) is 0 Å². The van der Waals surface area contributed by atoms with Crippen molar-refractivity contribution in [2.45, 2.75) is 25.1 Å². The summed E-state index contributed by atoms with van der Waals surface area (Å²) in [6.07, 6.45) is -3.35. The zero-order chi connectivity index (χ0) is 43.6. The topological polar surface area (TPSA) is 13.1 Å². The Bertz CT molecular complexity index is 3540. The molecule has 0 aliphatic heterocycles. The lowest BCUT2D eigenvalue weighted by Gasteiger charge is -2.20. The second-order valence-corrected chi connectivity index (χ2v) is 13.7. The third-order valence-electron chi connectivity index (χ3n) is 10.8. The highest BCUT2D eigenvalue weighted by atomic mass is 16.3. The van der Waals surface area contributed by atoms with Gasteiger partial charge in [-0.3, -0.25) is 0 Å². The van der Waals surface area contributed by atoms with Crippen LogP contribution in [0, 0.1) is 0 Å². The minimum atomic E-state index is -1.19. The number of allylic oxidation sites excluding steroid dienone is 2. The van der Waals surface area contributed by atoms with Crippen LogP contribution in [0.2, 0.25) is 0 Å². The van der Waals surface area contributed by atoms with E-state index in [0.29, 0.717) is 22.3 Å². The average Bonchev–Trinajstić information content (AvgIpc) is 3.68. The zero-order valence-electron chi connectivity index (χ0n) is 38.4. The molecule has 4 unspecified atom stereocenters. The normalized spacial score (nSPS) is 21.9. The smallest absolute Gasteiger partial charge is 0.135 e. The van der Waals surface area contributed by atoms with Crippen LogP contribution in [0.15, 0.2) is 180 Å². The first-order valence-electron chi connectivity index (χ1n) is 23.0. The number of benzene rings is 9. The molecule has 1 aromatic heterocycles. The molecule has 0 amide bonds. The third-order valence-corrected chi connectivity index (χ3v) is 10.8. The van der Waals surface area contributed by atoms with Gasteiger partial charge in [-0.25, -0.2) is 0 Å². The van der Waals surface area contributed by atoms with Crippen molar-refractivity contribution in [3.63, 3.8) is 0 Å². The van der Waals surface area contributed by atoms with E-state index in [1.165, 1.54) is 0 Å². The fraction of sp³-hybridized carbons (Fsp3) is 0.0769. The van der Waals surface area contributed by atoms with E-state index in [0.717, 1.165) is 76.1 Å². The van der Waals surface area contributed by atoms with Gasteiger partial charge in [0.2, 0.25) is 0 Å². The summed E-state index contributed by atoms with van der Waals surface area (Å²) in [5.74, 6) is -0.729. The van der Waals surface area contributed by atoms with Crippen molar-refractivity contribution < 1.29 is 18.1 Å². The lowest BCUT2D eigenvalue weighted by Crippen LogP contribution is -2.00. The minimum Gasteiger partial charge on any atom is -0.456 e. The van der Waals surface area contributed by atoms with Gasteiger partial charge in [0.1, 0.15) is 11.2 Å². The largest absolute Gasteiger partial charge is 0.456 e. The molecule has 10 aromatic rings. The Labute approximate surface area is 322 Å². The molecule has 53 heavy (non-hydrogen) atoms. The Hall–Kier alpha value is -6.44. The molecule has 250 valence electrons. The molecule has 0 N–H and O–H groups in total. The van der Waals surface area contributed by atoms with Crippen molar-refractivity contribution >= 4 is 65.0 Å². The summed E-state index contributed by atoms with van der Waals surface area (Å²) in [4.78, 5) is 0. The fourth-order valence-corrected chi connectivity index (χ4v) is 8.34. The molecule has 0 fully saturated rings. The molecule has 1 aliphatic rings. The van der Waals surface area contributed by atoms with Gasteiger partial charge < -0.3 is 4.42 Å². The van der Waals surface area contributed by atoms with Crippen LogP contribution in [-0.4, -0.2) is 0 Å². The van der Waals surface area contributed by atoms with E-state index in [9.17, 15) is 0 Å². The van der Waals surface area contributed by atoms with E-state index < -0.39 is 31.2 Å².